The van der Waals surface area contributed by atoms with Crippen LogP contribution in [0.2, 0.25) is 0 Å². The second-order valence-corrected chi connectivity index (χ2v) is 5.85. The number of nitrogens with one attached hydrogen (secondary N) is 1. The molecule has 0 aliphatic carbocycles. The number of anilines is 2. The maximum absolute atomic E-state index is 15.2. The number of aromatic nitrogens is 5. The number of pyridine rings is 1. The summed E-state index contributed by atoms with van der Waals surface area (Å²) in [4.78, 5) is 22.0. The second kappa shape index (κ2) is 7.47. The molecule has 0 fully saturated rings. The van der Waals surface area contributed by atoms with Gasteiger partial charge in [0.15, 0.2) is 17.2 Å². The highest BCUT2D eigenvalue weighted by Gasteiger charge is 2.22. The molecule has 0 amide bonds. The van der Waals surface area contributed by atoms with Crippen molar-refractivity contribution in [2.24, 2.45) is 0 Å². The van der Waals surface area contributed by atoms with Crippen LogP contribution in [0.1, 0.15) is 5.82 Å². The molecular weight excluding hydrogens is 363 g/mol. The third kappa shape index (κ3) is 3.29. The van der Waals surface area contributed by atoms with Crippen molar-refractivity contribution >= 4 is 22.7 Å². The first kappa shape index (κ1) is 17.7. The molecule has 0 aliphatic rings. The van der Waals surface area contributed by atoms with Crippen LogP contribution < -0.4 is 14.4 Å². The Morgan fingerprint density at radius 1 is 1.04 bits per heavy atom. The number of hydrogen-bond donors (Lipinski definition) is 1. The van der Waals surface area contributed by atoms with E-state index in [1.165, 1.54) is 20.3 Å². The van der Waals surface area contributed by atoms with E-state index in [0.29, 0.717) is 28.6 Å². The Bertz CT molecular complexity index is 1100. The SMILES string of the molecule is COc1cc(OC)c(F)c(N(Cc2ncc[nH]2)c2ccc3nccnc3n2)c1. The minimum atomic E-state index is -0.532. The van der Waals surface area contributed by atoms with E-state index in [-0.39, 0.29) is 18.0 Å². The van der Waals surface area contributed by atoms with Crippen molar-refractivity contribution < 1.29 is 13.9 Å². The van der Waals surface area contributed by atoms with Gasteiger partial charge in [0.25, 0.3) is 0 Å². The van der Waals surface area contributed by atoms with Crippen molar-refractivity contribution in [3.63, 3.8) is 0 Å². The lowest BCUT2D eigenvalue weighted by Crippen LogP contribution is -2.20. The molecule has 0 atom stereocenters. The number of fused-ring (bicyclic) bond motifs is 1. The van der Waals surface area contributed by atoms with E-state index in [4.69, 9.17) is 9.47 Å². The van der Waals surface area contributed by atoms with Crippen molar-refractivity contribution in [2.75, 3.05) is 19.1 Å². The molecule has 0 spiro atoms. The zero-order chi connectivity index (χ0) is 19.5. The smallest absolute Gasteiger partial charge is 0.188 e. The summed E-state index contributed by atoms with van der Waals surface area (Å²) in [6.45, 7) is 0.249. The molecule has 0 bridgehead atoms. The maximum Gasteiger partial charge on any atom is 0.188 e. The second-order valence-electron chi connectivity index (χ2n) is 5.85. The van der Waals surface area contributed by atoms with Crippen LogP contribution in [-0.4, -0.2) is 39.1 Å². The topological polar surface area (TPSA) is 89.0 Å². The Morgan fingerprint density at radius 3 is 2.64 bits per heavy atom. The number of halogens is 1. The highest BCUT2D eigenvalue weighted by Crippen LogP contribution is 2.37. The summed E-state index contributed by atoms with van der Waals surface area (Å²) in [5, 5.41) is 0. The van der Waals surface area contributed by atoms with Crippen molar-refractivity contribution in [3.8, 4) is 11.5 Å². The molecule has 4 aromatic rings. The van der Waals surface area contributed by atoms with Crippen LogP contribution in [0.4, 0.5) is 15.9 Å². The first-order valence-electron chi connectivity index (χ1n) is 8.44. The average Bonchev–Trinajstić information content (AvgIpc) is 3.25. The largest absolute Gasteiger partial charge is 0.497 e. The molecule has 1 aromatic carbocycles. The fraction of sp³-hybridized carbons (Fsp3) is 0.158. The summed E-state index contributed by atoms with van der Waals surface area (Å²) in [5.74, 6) is 1.12. The van der Waals surface area contributed by atoms with Gasteiger partial charge in [-0.05, 0) is 12.1 Å². The molecule has 1 N–H and O–H groups in total. The third-order valence-corrected chi connectivity index (χ3v) is 4.20. The van der Waals surface area contributed by atoms with E-state index in [1.807, 2.05) is 0 Å². The number of H-pyrrole nitrogens is 1. The van der Waals surface area contributed by atoms with E-state index in [0.717, 1.165) is 0 Å². The minimum Gasteiger partial charge on any atom is -0.497 e. The predicted molar refractivity (Wildman–Crippen MR) is 101 cm³/mol. The van der Waals surface area contributed by atoms with E-state index in [1.54, 1.807) is 47.9 Å². The molecule has 0 aliphatic heterocycles. The van der Waals surface area contributed by atoms with Gasteiger partial charge in [0.2, 0.25) is 0 Å². The minimum absolute atomic E-state index is 0.0689. The van der Waals surface area contributed by atoms with Gasteiger partial charge in [-0.15, -0.1) is 0 Å². The van der Waals surface area contributed by atoms with Crippen molar-refractivity contribution in [1.82, 2.24) is 24.9 Å². The number of ether oxygens (including phenoxy) is 2. The molecule has 8 nitrogen and oxygen atoms in total. The number of rotatable bonds is 6. The predicted octanol–water partition coefficient (Wildman–Crippen LogP) is 3.24. The standard InChI is InChI=1S/C19H17FN6O2/c1-27-12-9-14(18(20)15(10-12)28-2)26(11-16-22-6-7-23-16)17-4-3-13-19(25-17)24-8-5-21-13/h3-10H,11H2,1-2H3,(H,22,23). The van der Waals surface area contributed by atoms with E-state index in [9.17, 15) is 0 Å². The molecule has 3 aromatic heterocycles. The molecule has 9 heteroatoms. The molecule has 0 saturated heterocycles. The average molecular weight is 380 g/mol. The lowest BCUT2D eigenvalue weighted by molar-refractivity contribution is 0.374. The summed E-state index contributed by atoms with van der Waals surface area (Å²) in [7, 11) is 2.92. The van der Waals surface area contributed by atoms with Gasteiger partial charge in [-0.3, -0.25) is 4.98 Å². The maximum atomic E-state index is 15.2. The van der Waals surface area contributed by atoms with Crippen molar-refractivity contribution in [3.05, 3.63) is 60.7 Å². The van der Waals surface area contributed by atoms with Gasteiger partial charge in [0.1, 0.15) is 22.9 Å². The highest BCUT2D eigenvalue weighted by atomic mass is 19.1. The van der Waals surface area contributed by atoms with Crippen LogP contribution >= 0.6 is 0 Å². The van der Waals surface area contributed by atoms with Crippen molar-refractivity contribution in [1.29, 1.82) is 0 Å². The molecule has 142 valence electrons. The van der Waals surface area contributed by atoms with E-state index < -0.39 is 5.82 Å². The number of nitrogens with zero attached hydrogens (tertiary/aromatic N) is 5. The van der Waals surface area contributed by atoms with Crippen LogP contribution in [0.5, 0.6) is 11.5 Å². The number of imidazole rings is 1. The van der Waals surface area contributed by atoms with Gasteiger partial charge in [-0.2, -0.15) is 0 Å². The first-order valence-corrected chi connectivity index (χ1v) is 8.44. The number of benzene rings is 1. The summed E-state index contributed by atoms with van der Waals surface area (Å²) < 4.78 is 25.6. The molecule has 0 radical (unpaired) electrons. The Balaban J connectivity index is 1.88. The van der Waals surface area contributed by atoms with Gasteiger partial charge < -0.3 is 19.4 Å². The molecular formula is C19H17FN6O2. The number of methoxy groups -OCH3 is 2. The van der Waals surface area contributed by atoms with Crippen LogP contribution in [-0.2, 0) is 6.54 Å². The Labute approximate surface area is 160 Å². The number of aromatic amines is 1. The summed E-state index contributed by atoms with van der Waals surface area (Å²) in [6.07, 6.45) is 6.49. The highest BCUT2D eigenvalue weighted by molar-refractivity contribution is 5.74. The monoisotopic (exact) mass is 380 g/mol. The third-order valence-electron chi connectivity index (χ3n) is 4.20. The molecule has 0 unspecified atom stereocenters. The van der Waals surface area contributed by atoms with Gasteiger partial charge in [0.05, 0.1) is 26.5 Å². The lowest BCUT2D eigenvalue weighted by Gasteiger charge is -2.24. The first-order chi connectivity index (χ1) is 13.7. The lowest BCUT2D eigenvalue weighted by atomic mass is 10.2. The quantitative estimate of drug-likeness (QED) is 0.549. The fourth-order valence-electron chi connectivity index (χ4n) is 2.84. The van der Waals surface area contributed by atoms with E-state index >= 15 is 4.39 Å². The van der Waals surface area contributed by atoms with Gasteiger partial charge in [-0.25, -0.2) is 19.3 Å². The Hall–Kier alpha value is -3.75. The molecule has 4 rings (SSSR count). The van der Waals surface area contributed by atoms with Crippen LogP contribution in [0.25, 0.3) is 11.2 Å². The van der Waals surface area contributed by atoms with Crippen LogP contribution in [0.15, 0.2) is 49.1 Å². The summed E-state index contributed by atoms with van der Waals surface area (Å²) in [5.41, 5.74) is 1.34. The normalized spacial score (nSPS) is 10.8. The van der Waals surface area contributed by atoms with Crippen LogP contribution in [0.3, 0.4) is 0 Å². The zero-order valence-electron chi connectivity index (χ0n) is 15.3. The number of hydrogen-bond acceptors (Lipinski definition) is 7. The molecule has 28 heavy (non-hydrogen) atoms. The Kier molecular flexibility index (Phi) is 4.71. The zero-order valence-corrected chi connectivity index (χ0v) is 15.3. The van der Waals surface area contributed by atoms with Gasteiger partial charge in [0, 0.05) is 36.9 Å². The van der Waals surface area contributed by atoms with Gasteiger partial charge in [-0.1, -0.05) is 0 Å². The fourth-order valence-corrected chi connectivity index (χ4v) is 2.84. The van der Waals surface area contributed by atoms with E-state index in [2.05, 4.69) is 24.9 Å². The Morgan fingerprint density at radius 2 is 1.89 bits per heavy atom. The van der Waals surface area contributed by atoms with Crippen molar-refractivity contribution in [2.45, 2.75) is 6.54 Å². The summed E-state index contributed by atoms with van der Waals surface area (Å²) in [6, 6.07) is 6.62. The molecule has 3 heterocycles. The molecule has 0 saturated carbocycles. The van der Waals surface area contributed by atoms with Crippen LogP contribution in [0, 0.1) is 5.82 Å². The summed E-state index contributed by atoms with van der Waals surface area (Å²) >= 11 is 0. The van der Waals surface area contributed by atoms with Gasteiger partial charge >= 0.3 is 0 Å².